The number of amides is 2. The lowest BCUT2D eigenvalue weighted by molar-refractivity contribution is -0.126. The van der Waals surface area contributed by atoms with Crippen molar-refractivity contribution in [2.24, 2.45) is 16.7 Å². The van der Waals surface area contributed by atoms with E-state index in [9.17, 15) is 9.59 Å². The van der Waals surface area contributed by atoms with Gasteiger partial charge < -0.3 is 4.74 Å². The van der Waals surface area contributed by atoms with Crippen LogP contribution in [0.15, 0.2) is 12.2 Å². The summed E-state index contributed by atoms with van der Waals surface area (Å²) in [5, 5.41) is 0. The standard InChI is InChI=1S/C15H21NO3/c1-5-6-10(17)16-12-11(19-13(16)18)9-7-8-15(12,4)14(9,2)3/h5-6,9,11-12H,7-8H2,1-4H3/b6-5+/t9-,11-,12-,15+/m1/s1. The maximum absolute atomic E-state index is 12.2. The van der Waals surface area contributed by atoms with Crippen molar-refractivity contribution < 1.29 is 14.3 Å². The lowest BCUT2D eigenvalue weighted by Crippen LogP contribution is -2.50. The van der Waals surface area contributed by atoms with Crippen molar-refractivity contribution in [2.45, 2.75) is 52.7 Å². The van der Waals surface area contributed by atoms with Crippen molar-refractivity contribution in [2.75, 3.05) is 0 Å². The van der Waals surface area contributed by atoms with Crippen LogP contribution in [0.3, 0.4) is 0 Å². The number of carbonyl (C=O) groups is 2. The lowest BCUT2D eigenvalue weighted by Gasteiger charge is -2.40. The van der Waals surface area contributed by atoms with Crippen molar-refractivity contribution in [3.63, 3.8) is 0 Å². The highest BCUT2D eigenvalue weighted by Gasteiger charge is 2.72. The maximum atomic E-state index is 12.2. The molecule has 2 bridgehead atoms. The first kappa shape index (κ1) is 12.7. The summed E-state index contributed by atoms with van der Waals surface area (Å²) >= 11 is 0. The Morgan fingerprint density at radius 1 is 1.42 bits per heavy atom. The molecular formula is C15H21NO3. The molecule has 2 aliphatic carbocycles. The molecule has 19 heavy (non-hydrogen) atoms. The second-order valence-corrected chi connectivity index (χ2v) is 6.79. The van der Waals surface area contributed by atoms with Crippen LogP contribution < -0.4 is 0 Å². The van der Waals surface area contributed by atoms with Crippen molar-refractivity contribution in [3.05, 3.63) is 12.2 Å². The van der Waals surface area contributed by atoms with Gasteiger partial charge >= 0.3 is 6.09 Å². The highest BCUT2D eigenvalue weighted by Crippen LogP contribution is 2.68. The van der Waals surface area contributed by atoms with E-state index in [4.69, 9.17) is 4.74 Å². The molecule has 1 aliphatic heterocycles. The molecule has 0 N–H and O–H groups in total. The van der Waals surface area contributed by atoms with Gasteiger partial charge in [0.2, 0.25) is 0 Å². The van der Waals surface area contributed by atoms with Gasteiger partial charge in [0.15, 0.2) is 0 Å². The lowest BCUT2D eigenvalue weighted by atomic mass is 9.69. The quantitative estimate of drug-likeness (QED) is 0.683. The molecule has 3 fully saturated rings. The summed E-state index contributed by atoms with van der Waals surface area (Å²) in [5.41, 5.74) is 0.0726. The molecule has 2 saturated carbocycles. The van der Waals surface area contributed by atoms with Crippen LogP contribution in [-0.2, 0) is 9.53 Å². The first-order valence-corrected chi connectivity index (χ1v) is 7.01. The average Bonchev–Trinajstić information content (AvgIpc) is 2.82. The molecule has 2 amide bonds. The molecule has 0 aromatic rings. The highest BCUT2D eigenvalue weighted by molar-refractivity contribution is 6.00. The van der Waals surface area contributed by atoms with Gasteiger partial charge in [-0.1, -0.05) is 26.8 Å². The molecule has 0 aromatic heterocycles. The van der Waals surface area contributed by atoms with E-state index >= 15 is 0 Å². The third kappa shape index (κ3) is 1.30. The normalized spacial score (nSPS) is 42.8. The third-order valence-electron chi connectivity index (χ3n) is 5.99. The van der Waals surface area contributed by atoms with E-state index in [0.29, 0.717) is 5.92 Å². The van der Waals surface area contributed by atoms with Gasteiger partial charge in [0.1, 0.15) is 6.10 Å². The number of imide groups is 1. The molecule has 104 valence electrons. The number of hydrogen-bond acceptors (Lipinski definition) is 3. The van der Waals surface area contributed by atoms with Crippen molar-refractivity contribution in [1.82, 2.24) is 4.90 Å². The van der Waals surface area contributed by atoms with Gasteiger partial charge in [-0.2, -0.15) is 0 Å². The van der Waals surface area contributed by atoms with Crippen molar-refractivity contribution >= 4 is 12.0 Å². The largest absolute Gasteiger partial charge is 0.443 e. The number of carbonyl (C=O) groups excluding carboxylic acids is 2. The van der Waals surface area contributed by atoms with Crippen LogP contribution in [0.5, 0.6) is 0 Å². The van der Waals surface area contributed by atoms with Crippen molar-refractivity contribution in [1.29, 1.82) is 0 Å². The van der Waals surface area contributed by atoms with Crippen LogP contribution in [0, 0.1) is 16.7 Å². The van der Waals surface area contributed by atoms with Gasteiger partial charge in [0, 0.05) is 5.92 Å². The zero-order chi connectivity index (χ0) is 14.0. The Hall–Kier alpha value is -1.32. The third-order valence-corrected chi connectivity index (χ3v) is 5.99. The van der Waals surface area contributed by atoms with Crippen LogP contribution in [0.1, 0.15) is 40.5 Å². The molecule has 0 unspecified atom stereocenters. The molecule has 1 heterocycles. The molecule has 4 atom stereocenters. The number of ether oxygens (including phenoxy) is 1. The van der Waals surface area contributed by atoms with Gasteiger partial charge in [-0.3, -0.25) is 4.79 Å². The van der Waals surface area contributed by atoms with E-state index in [0.717, 1.165) is 12.8 Å². The first-order chi connectivity index (χ1) is 8.84. The van der Waals surface area contributed by atoms with Gasteiger partial charge in [-0.25, -0.2) is 9.69 Å². The van der Waals surface area contributed by atoms with Crippen molar-refractivity contribution in [3.8, 4) is 0 Å². The summed E-state index contributed by atoms with van der Waals surface area (Å²) in [7, 11) is 0. The van der Waals surface area contributed by atoms with E-state index in [-0.39, 0.29) is 28.9 Å². The minimum atomic E-state index is -0.466. The zero-order valence-electron chi connectivity index (χ0n) is 12.0. The molecular weight excluding hydrogens is 242 g/mol. The van der Waals surface area contributed by atoms with Gasteiger partial charge in [0.25, 0.3) is 5.91 Å². The second kappa shape index (κ2) is 3.62. The monoisotopic (exact) mass is 263 g/mol. The number of fused-ring (bicyclic) bond motifs is 5. The molecule has 0 radical (unpaired) electrons. The molecule has 0 aromatic carbocycles. The van der Waals surface area contributed by atoms with Crippen LogP contribution >= 0.6 is 0 Å². The fourth-order valence-corrected chi connectivity index (χ4v) is 4.56. The molecule has 4 nitrogen and oxygen atoms in total. The van der Waals surface area contributed by atoms with E-state index < -0.39 is 6.09 Å². The SMILES string of the molecule is C/C=C/C(=O)N1C(=O)O[C@@H]2[C@H]3CC[C@@](C)([C@@H]21)C3(C)C. The minimum absolute atomic E-state index is 0.0360. The van der Waals surface area contributed by atoms with Crippen LogP contribution in [0.25, 0.3) is 0 Å². The number of hydrogen-bond donors (Lipinski definition) is 0. The summed E-state index contributed by atoms with van der Waals surface area (Å²) in [4.78, 5) is 25.5. The molecule has 4 heteroatoms. The molecule has 1 saturated heterocycles. The van der Waals surface area contributed by atoms with Crippen LogP contribution in [0.2, 0.25) is 0 Å². The highest BCUT2D eigenvalue weighted by atomic mass is 16.6. The Morgan fingerprint density at radius 2 is 2.11 bits per heavy atom. The Balaban J connectivity index is 2.03. The van der Waals surface area contributed by atoms with Gasteiger partial charge in [0.05, 0.1) is 6.04 Å². The predicted octanol–water partition coefficient (Wildman–Crippen LogP) is 2.73. The summed E-state index contributed by atoms with van der Waals surface area (Å²) in [6.45, 7) is 8.48. The van der Waals surface area contributed by atoms with E-state index in [1.54, 1.807) is 13.0 Å². The van der Waals surface area contributed by atoms with Crippen LogP contribution in [-0.4, -0.2) is 29.0 Å². The van der Waals surface area contributed by atoms with E-state index in [1.165, 1.54) is 11.0 Å². The predicted molar refractivity (Wildman–Crippen MR) is 70.3 cm³/mol. The Labute approximate surface area is 113 Å². The Bertz CT molecular complexity index is 482. The first-order valence-electron chi connectivity index (χ1n) is 7.01. The molecule has 3 aliphatic rings. The summed E-state index contributed by atoms with van der Waals surface area (Å²) in [6.07, 6.45) is 4.68. The van der Waals surface area contributed by atoms with Crippen LogP contribution in [0.4, 0.5) is 4.79 Å². The summed E-state index contributed by atoms with van der Waals surface area (Å²) < 4.78 is 5.53. The van der Waals surface area contributed by atoms with E-state index in [1.807, 2.05) is 0 Å². The maximum Gasteiger partial charge on any atom is 0.417 e. The summed E-state index contributed by atoms with van der Waals surface area (Å²) in [6, 6.07) is -0.0996. The second-order valence-electron chi connectivity index (χ2n) is 6.79. The number of rotatable bonds is 1. The smallest absolute Gasteiger partial charge is 0.417 e. The summed E-state index contributed by atoms with van der Waals surface area (Å²) in [5.74, 6) is 0.124. The minimum Gasteiger partial charge on any atom is -0.443 e. The topological polar surface area (TPSA) is 46.6 Å². The molecule has 0 spiro atoms. The van der Waals surface area contributed by atoms with Gasteiger partial charge in [-0.05, 0) is 36.7 Å². The fraction of sp³-hybridized carbons (Fsp3) is 0.733. The molecule has 3 rings (SSSR count). The van der Waals surface area contributed by atoms with E-state index in [2.05, 4.69) is 20.8 Å². The fourth-order valence-electron chi connectivity index (χ4n) is 4.56. The number of allylic oxidation sites excluding steroid dienone is 1. The average molecular weight is 263 g/mol. The van der Waals surface area contributed by atoms with Gasteiger partial charge in [-0.15, -0.1) is 0 Å². The Morgan fingerprint density at radius 3 is 2.74 bits per heavy atom. The Kier molecular flexibility index (Phi) is 2.42. The number of nitrogens with zero attached hydrogens (tertiary/aromatic N) is 1. The zero-order valence-corrected chi connectivity index (χ0v) is 12.0.